The smallest absolute Gasteiger partial charge is 0.322 e. The summed E-state index contributed by atoms with van der Waals surface area (Å²) in [5.74, 6) is -3.43. The molecule has 1 aliphatic rings. The van der Waals surface area contributed by atoms with Crippen LogP contribution in [0.2, 0.25) is 0 Å². The summed E-state index contributed by atoms with van der Waals surface area (Å²) in [5, 5.41) is 2.41. The first kappa shape index (κ1) is 9.82. The second-order valence-electron chi connectivity index (χ2n) is 3.10. The minimum atomic E-state index is -1.30. The molecule has 15 heavy (non-hydrogen) atoms. The molecule has 0 spiro atoms. The largest absolute Gasteiger partial charge is 0.336 e. The molecule has 2 rings (SSSR count). The zero-order chi connectivity index (χ0) is 11.0. The zero-order valence-corrected chi connectivity index (χ0v) is 7.56. The number of nitrogens with zero attached hydrogens (tertiary/aromatic N) is 1. The molecule has 6 heteroatoms. The molecular weight excluding hydrogens is 209 g/mol. The predicted octanol–water partition coefficient (Wildman–Crippen LogP) is 1.63. The molecule has 1 aromatic rings. The van der Waals surface area contributed by atoms with Crippen LogP contribution in [-0.2, 0) is 0 Å². The number of hydrogen-bond donors (Lipinski definition) is 1. The Hall–Kier alpha value is -1.72. The molecule has 1 heterocycles. The summed E-state index contributed by atoms with van der Waals surface area (Å²) in [7, 11) is 0. The molecule has 1 N–H and O–H groups in total. The van der Waals surface area contributed by atoms with Gasteiger partial charge in [0.15, 0.2) is 11.6 Å². The lowest BCUT2D eigenvalue weighted by Crippen LogP contribution is -2.28. The Kier molecular flexibility index (Phi) is 2.26. The average molecular weight is 216 g/mol. The van der Waals surface area contributed by atoms with Crippen LogP contribution in [0.15, 0.2) is 12.1 Å². The second kappa shape index (κ2) is 3.45. The van der Waals surface area contributed by atoms with Gasteiger partial charge >= 0.3 is 6.03 Å². The van der Waals surface area contributed by atoms with Crippen LogP contribution in [0.3, 0.4) is 0 Å². The molecule has 0 saturated carbocycles. The standard InChI is InChI=1S/C9H7F3N2O/c10-5-3-6(11)8(12)7(4-5)14-2-1-13-9(14)15/h3-4H,1-2H2,(H,13,15). The van der Waals surface area contributed by atoms with Crippen LogP contribution in [0.1, 0.15) is 0 Å². The molecule has 0 atom stereocenters. The van der Waals surface area contributed by atoms with Crippen molar-refractivity contribution in [1.82, 2.24) is 5.32 Å². The first-order valence-corrected chi connectivity index (χ1v) is 4.29. The van der Waals surface area contributed by atoms with E-state index in [0.29, 0.717) is 12.6 Å². The Morgan fingerprint density at radius 1 is 1.27 bits per heavy atom. The van der Waals surface area contributed by atoms with E-state index in [9.17, 15) is 18.0 Å². The Labute approximate surface area is 83.5 Å². The number of anilines is 1. The van der Waals surface area contributed by atoms with Crippen molar-refractivity contribution in [3.05, 3.63) is 29.6 Å². The minimum absolute atomic E-state index is 0.193. The summed E-state index contributed by atoms with van der Waals surface area (Å²) in [4.78, 5) is 12.1. The van der Waals surface area contributed by atoms with E-state index in [1.165, 1.54) is 0 Å². The molecule has 0 radical (unpaired) electrons. The van der Waals surface area contributed by atoms with Gasteiger partial charge in [-0.2, -0.15) is 0 Å². The van der Waals surface area contributed by atoms with Crippen molar-refractivity contribution in [2.75, 3.05) is 18.0 Å². The minimum Gasteiger partial charge on any atom is -0.336 e. The van der Waals surface area contributed by atoms with Crippen molar-refractivity contribution in [2.24, 2.45) is 0 Å². The fourth-order valence-corrected chi connectivity index (χ4v) is 1.44. The fraction of sp³-hybridized carbons (Fsp3) is 0.222. The Balaban J connectivity index is 2.47. The van der Waals surface area contributed by atoms with Crippen LogP contribution in [0.5, 0.6) is 0 Å². The maximum Gasteiger partial charge on any atom is 0.322 e. The number of carbonyl (C=O) groups is 1. The van der Waals surface area contributed by atoms with Crippen molar-refractivity contribution in [1.29, 1.82) is 0 Å². The van der Waals surface area contributed by atoms with Gasteiger partial charge in [0.05, 0.1) is 5.69 Å². The van der Waals surface area contributed by atoms with Gasteiger partial charge in [-0.25, -0.2) is 18.0 Å². The number of benzene rings is 1. The molecule has 1 saturated heterocycles. The number of halogens is 3. The summed E-state index contributed by atoms with van der Waals surface area (Å²) in [6, 6.07) is 0.676. The lowest BCUT2D eigenvalue weighted by atomic mass is 10.2. The van der Waals surface area contributed by atoms with Gasteiger partial charge in [0.25, 0.3) is 0 Å². The molecule has 0 aromatic heterocycles. The van der Waals surface area contributed by atoms with Crippen molar-refractivity contribution < 1.29 is 18.0 Å². The van der Waals surface area contributed by atoms with Crippen molar-refractivity contribution in [3.63, 3.8) is 0 Å². The third-order valence-electron chi connectivity index (χ3n) is 2.12. The van der Waals surface area contributed by atoms with Crippen LogP contribution >= 0.6 is 0 Å². The monoisotopic (exact) mass is 216 g/mol. The highest BCUT2D eigenvalue weighted by Gasteiger charge is 2.25. The number of carbonyl (C=O) groups excluding carboxylic acids is 1. The quantitative estimate of drug-likeness (QED) is 0.711. The topological polar surface area (TPSA) is 32.3 Å². The molecule has 0 bridgehead atoms. The molecule has 0 aliphatic carbocycles. The Morgan fingerprint density at radius 2 is 2.00 bits per heavy atom. The molecule has 1 fully saturated rings. The van der Waals surface area contributed by atoms with E-state index >= 15 is 0 Å². The number of urea groups is 1. The molecule has 1 aromatic carbocycles. The van der Waals surface area contributed by atoms with E-state index in [4.69, 9.17) is 0 Å². The molecule has 0 unspecified atom stereocenters. The molecular formula is C9H7F3N2O. The van der Waals surface area contributed by atoms with Gasteiger partial charge in [-0.05, 0) is 0 Å². The van der Waals surface area contributed by atoms with E-state index in [1.54, 1.807) is 0 Å². The van der Waals surface area contributed by atoms with E-state index in [0.717, 1.165) is 11.0 Å². The molecule has 80 valence electrons. The maximum absolute atomic E-state index is 13.2. The third-order valence-corrected chi connectivity index (χ3v) is 2.12. The highest BCUT2D eigenvalue weighted by atomic mass is 19.2. The normalized spacial score (nSPS) is 15.7. The Morgan fingerprint density at radius 3 is 2.60 bits per heavy atom. The first-order valence-electron chi connectivity index (χ1n) is 4.29. The van der Waals surface area contributed by atoms with Crippen LogP contribution in [0, 0.1) is 17.5 Å². The Bertz CT molecular complexity index is 422. The number of amides is 2. The van der Waals surface area contributed by atoms with E-state index < -0.39 is 23.5 Å². The zero-order valence-electron chi connectivity index (χ0n) is 7.56. The van der Waals surface area contributed by atoms with Gasteiger partial charge in [-0.3, -0.25) is 4.90 Å². The van der Waals surface area contributed by atoms with Crippen molar-refractivity contribution in [3.8, 4) is 0 Å². The first-order chi connectivity index (χ1) is 7.09. The highest BCUT2D eigenvalue weighted by Crippen LogP contribution is 2.24. The van der Waals surface area contributed by atoms with E-state index in [2.05, 4.69) is 5.32 Å². The van der Waals surface area contributed by atoms with Gasteiger partial charge in [-0.1, -0.05) is 0 Å². The lowest BCUT2D eigenvalue weighted by molar-refractivity contribution is 0.252. The average Bonchev–Trinajstić information content (AvgIpc) is 2.58. The van der Waals surface area contributed by atoms with Gasteiger partial charge in [0, 0.05) is 25.2 Å². The van der Waals surface area contributed by atoms with Crippen molar-refractivity contribution >= 4 is 11.7 Å². The summed E-state index contributed by atoms with van der Waals surface area (Å²) in [6.45, 7) is 0.523. The fourth-order valence-electron chi connectivity index (χ4n) is 1.44. The molecule has 3 nitrogen and oxygen atoms in total. The van der Waals surface area contributed by atoms with Gasteiger partial charge in [-0.15, -0.1) is 0 Å². The number of rotatable bonds is 1. The molecule has 1 aliphatic heterocycles. The van der Waals surface area contributed by atoms with Crippen LogP contribution in [-0.4, -0.2) is 19.1 Å². The van der Waals surface area contributed by atoms with Gasteiger partial charge in [0.2, 0.25) is 0 Å². The molecule has 2 amide bonds. The lowest BCUT2D eigenvalue weighted by Gasteiger charge is -2.15. The van der Waals surface area contributed by atoms with Crippen molar-refractivity contribution in [2.45, 2.75) is 0 Å². The second-order valence-corrected chi connectivity index (χ2v) is 3.10. The predicted molar refractivity (Wildman–Crippen MR) is 47.1 cm³/mol. The van der Waals surface area contributed by atoms with E-state index in [1.807, 2.05) is 0 Å². The summed E-state index contributed by atoms with van der Waals surface area (Å²) >= 11 is 0. The van der Waals surface area contributed by atoms with E-state index in [-0.39, 0.29) is 12.2 Å². The van der Waals surface area contributed by atoms with Crippen LogP contribution < -0.4 is 10.2 Å². The summed E-state index contributed by atoms with van der Waals surface area (Å²) in [5.41, 5.74) is -0.373. The third kappa shape index (κ3) is 1.62. The van der Waals surface area contributed by atoms with Gasteiger partial charge in [0.1, 0.15) is 5.82 Å². The van der Waals surface area contributed by atoms with Gasteiger partial charge < -0.3 is 5.32 Å². The highest BCUT2D eigenvalue weighted by molar-refractivity contribution is 5.94. The van der Waals surface area contributed by atoms with Crippen LogP contribution in [0.25, 0.3) is 0 Å². The number of nitrogens with one attached hydrogen (secondary N) is 1. The summed E-state index contributed by atoms with van der Waals surface area (Å²) < 4.78 is 38.9. The number of hydrogen-bond acceptors (Lipinski definition) is 1. The SMILES string of the molecule is O=C1NCCN1c1cc(F)cc(F)c1F. The van der Waals surface area contributed by atoms with Crippen LogP contribution in [0.4, 0.5) is 23.7 Å². The maximum atomic E-state index is 13.2. The summed E-state index contributed by atoms with van der Waals surface area (Å²) in [6.07, 6.45) is 0.